The molecule has 0 aliphatic heterocycles. The number of para-hydroxylation sites is 1. The van der Waals surface area contributed by atoms with Crippen LogP contribution in [0, 0.1) is 0 Å². The molecule has 0 aliphatic rings. The van der Waals surface area contributed by atoms with E-state index in [9.17, 15) is 4.79 Å². The van der Waals surface area contributed by atoms with E-state index in [-0.39, 0.29) is 5.78 Å². The van der Waals surface area contributed by atoms with Gasteiger partial charge in [0.1, 0.15) is 5.69 Å². The number of benzene rings is 2. The van der Waals surface area contributed by atoms with Crippen LogP contribution in [0.5, 0.6) is 0 Å². The molecule has 0 spiro atoms. The van der Waals surface area contributed by atoms with Crippen LogP contribution in [0.15, 0.2) is 65.3 Å². The smallest absolute Gasteiger partial charge is 0.211 e. The van der Waals surface area contributed by atoms with E-state index in [1.54, 1.807) is 35.1 Å². The van der Waals surface area contributed by atoms with E-state index in [2.05, 4.69) is 21.0 Å². The summed E-state index contributed by atoms with van der Waals surface area (Å²) in [7, 11) is 0. The Balaban J connectivity index is 2.06. The van der Waals surface area contributed by atoms with Gasteiger partial charge in [0.05, 0.1) is 11.9 Å². The van der Waals surface area contributed by atoms with Crippen molar-refractivity contribution < 1.29 is 4.79 Å². The van der Waals surface area contributed by atoms with Crippen LogP contribution in [0.1, 0.15) is 16.1 Å². The number of aromatic nitrogens is 2. The molecule has 2 aromatic carbocycles. The lowest BCUT2D eigenvalue weighted by atomic mass is 10.1. The first-order valence-corrected chi connectivity index (χ1v) is 7.14. The van der Waals surface area contributed by atoms with Crippen LogP contribution in [-0.2, 0) is 0 Å². The Morgan fingerprint density at radius 2 is 1.86 bits per heavy atom. The fourth-order valence-corrected chi connectivity index (χ4v) is 2.65. The molecular formula is C16H12BrN3O. The molecule has 0 unspecified atom stereocenters. The maximum atomic E-state index is 12.7. The van der Waals surface area contributed by atoms with Crippen LogP contribution < -0.4 is 5.73 Å². The molecule has 0 aliphatic carbocycles. The highest BCUT2D eigenvalue weighted by atomic mass is 79.9. The third-order valence-corrected chi connectivity index (χ3v) is 3.52. The molecule has 5 heteroatoms. The summed E-state index contributed by atoms with van der Waals surface area (Å²) in [5.74, 6) is -0.121. The molecule has 4 nitrogen and oxygen atoms in total. The van der Waals surface area contributed by atoms with E-state index in [0.29, 0.717) is 16.9 Å². The van der Waals surface area contributed by atoms with Crippen LogP contribution in [0.25, 0.3) is 5.69 Å². The number of nitrogens with zero attached hydrogens (tertiary/aromatic N) is 2. The predicted octanol–water partition coefficient (Wildman–Crippen LogP) is 3.45. The van der Waals surface area contributed by atoms with Crippen molar-refractivity contribution in [3.05, 3.63) is 76.5 Å². The Morgan fingerprint density at radius 1 is 1.10 bits per heavy atom. The number of carbonyl (C=O) groups is 1. The van der Waals surface area contributed by atoms with Gasteiger partial charge in [-0.1, -0.05) is 34.1 Å². The standard InChI is InChI=1S/C16H12BrN3O/c17-12-8-11(9-13(18)10-12)16(21)15-6-7-19-20(15)14-4-2-1-3-5-14/h1-10H,18H2. The fraction of sp³-hybridized carbons (Fsp3) is 0. The molecule has 0 saturated heterocycles. The highest BCUT2D eigenvalue weighted by molar-refractivity contribution is 9.10. The molecule has 1 aromatic heterocycles. The van der Waals surface area contributed by atoms with Crippen molar-refractivity contribution >= 4 is 27.4 Å². The summed E-state index contributed by atoms with van der Waals surface area (Å²) in [4.78, 5) is 12.7. The third-order valence-electron chi connectivity index (χ3n) is 3.06. The number of anilines is 1. The van der Waals surface area contributed by atoms with Gasteiger partial charge >= 0.3 is 0 Å². The van der Waals surface area contributed by atoms with Crippen LogP contribution in [0.3, 0.4) is 0 Å². The number of nitrogens with two attached hydrogens (primary N) is 1. The highest BCUT2D eigenvalue weighted by Crippen LogP contribution is 2.21. The van der Waals surface area contributed by atoms with E-state index < -0.39 is 0 Å². The zero-order valence-electron chi connectivity index (χ0n) is 11.0. The topological polar surface area (TPSA) is 60.9 Å². The summed E-state index contributed by atoms with van der Waals surface area (Å²) in [6.07, 6.45) is 1.61. The average Bonchev–Trinajstić information content (AvgIpc) is 2.95. The maximum Gasteiger partial charge on any atom is 0.211 e. The van der Waals surface area contributed by atoms with Crippen LogP contribution in [-0.4, -0.2) is 15.6 Å². The van der Waals surface area contributed by atoms with Gasteiger partial charge in [0.25, 0.3) is 0 Å². The lowest BCUT2D eigenvalue weighted by Gasteiger charge is -2.07. The minimum Gasteiger partial charge on any atom is -0.399 e. The van der Waals surface area contributed by atoms with E-state index in [4.69, 9.17) is 5.73 Å². The van der Waals surface area contributed by atoms with Crippen molar-refractivity contribution in [1.29, 1.82) is 0 Å². The SMILES string of the molecule is Nc1cc(Br)cc(C(=O)c2ccnn2-c2ccccc2)c1. The molecule has 0 radical (unpaired) electrons. The number of carbonyl (C=O) groups excluding carboxylic acids is 1. The largest absolute Gasteiger partial charge is 0.399 e. The maximum absolute atomic E-state index is 12.7. The molecule has 0 atom stereocenters. The van der Waals surface area contributed by atoms with Crippen LogP contribution >= 0.6 is 15.9 Å². The summed E-state index contributed by atoms with van der Waals surface area (Å²) < 4.78 is 2.40. The minimum atomic E-state index is -0.121. The summed E-state index contributed by atoms with van der Waals surface area (Å²) in [5, 5.41) is 4.23. The number of nitrogen functional groups attached to an aromatic ring is 1. The van der Waals surface area contributed by atoms with Gasteiger partial charge in [-0.25, -0.2) is 4.68 Å². The molecule has 21 heavy (non-hydrogen) atoms. The number of halogens is 1. The Morgan fingerprint density at radius 3 is 2.57 bits per heavy atom. The van der Waals surface area contributed by atoms with Gasteiger partial charge in [0.15, 0.2) is 0 Å². The highest BCUT2D eigenvalue weighted by Gasteiger charge is 2.16. The third kappa shape index (κ3) is 2.73. The zero-order chi connectivity index (χ0) is 14.8. The van der Waals surface area contributed by atoms with E-state index in [0.717, 1.165) is 10.2 Å². The average molecular weight is 342 g/mol. The van der Waals surface area contributed by atoms with Gasteiger partial charge in [0, 0.05) is 15.7 Å². The Kier molecular flexibility index (Phi) is 3.58. The van der Waals surface area contributed by atoms with Crippen molar-refractivity contribution in [2.75, 3.05) is 5.73 Å². The summed E-state index contributed by atoms with van der Waals surface area (Å²) in [6.45, 7) is 0. The minimum absolute atomic E-state index is 0.121. The van der Waals surface area contributed by atoms with Gasteiger partial charge in [-0.2, -0.15) is 5.10 Å². The van der Waals surface area contributed by atoms with E-state index in [1.807, 2.05) is 30.3 Å². The molecule has 1 heterocycles. The van der Waals surface area contributed by atoms with Gasteiger partial charge in [0.2, 0.25) is 5.78 Å². The summed E-state index contributed by atoms with van der Waals surface area (Å²) in [5.41, 5.74) is 8.20. The van der Waals surface area contributed by atoms with Crippen molar-refractivity contribution in [3.63, 3.8) is 0 Å². The Hall–Kier alpha value is -2.40. The number of ketones is 1. The Labute approximate surface area is 130 Å². The molecular weight excluding hydrogens is 330 g/mol. The van der Waals surface area contributed by atoms with E-state index >= 15 is 0 Å². The zero-order valence-corrected chi connectivity index (χ0v) is 12.6. The second-order valence-electron chi connectivity index (χ2n) is 4.57. The number of rotatable bonds is 3. The first kappa shape index (κ1) is 13.6. The Bertz CT molecular complexity index is 776. The number of hydrogen-bond acceptors (Lipinski definition) is 3. The normalized spacial score (nSPS) is 10.5. The van der Waals surface area contributed by atoms with Crippen molar-refractivity contribution in [2.45, 2.75) is 0 Å². The molecule has 3 rings (SSSR count). The van der Waals surface area contributed by atoms with Gasteiger partial charge in [-0.05, 0) is 36.4 Å². The summed E-state index contributed by atoms with van der Waals surface area (Å²) in [6, 6.07) is 16.4. The second-order valence-corrected chi connectivity index (χ2v) is 5.48. The molecule has 2 N–H and O–H groups in total. The molecule has 104 valence electrons. The predicted molar refractivity (Wildman–Crippen MR) is 85.6 cm³/mol. The molecule has 0 fully saturated rings. The van der Waals surface area contributed by atoms with Crippen molar-refractivity contribution in [3.8, 4) is 5.69 Å². The lowest BCUT2D eigenvalue weighted by Crippen LogP contribution is -2.10. The molecule has 3 aromatic rings. The molecule has 0 saturated carbocycles. The van der Waals surface area contributed by atoms with Crippen molar-refractivity contribution in [1.82, 2.24) is 9.78 Å². The summed E-state index contributed by atoms with van der Waals surface area (Å²) >= 11 is 3.35. The molecule has 0 amide bonds. The van der Waals surface area contributed by atoms with Gasteiger partial charge < -0.3 is 5.73 Å². The van der Waals surface area contributed by atoms with Crippen LogP contribution in [0.4, 0.5) is 5.69 Å². The van der Waals surface area contributed by atoms with Gasteiger partial charge in [-0.3, -0.25) is 4.79 Å². The second kappa shape index (κ2) is 5.54. The first-order chi connectivity index (χ1) is 10.1. The number of hydrogen-bond donors (Lipinski definition) is 1. The van der Waals surface area contributed by atoms with Crippen LogP contribution in [0.2, 0.25) is 0 Å². The fourth-order valence-electron chi connectivity index (χ4n) is 2.14. The first-order valence-electron chi connectivity index (χ1n) is 6.35. The molecule has 0 bridgehead atoms. The quantitative estimate of drug-likeness (QED) is 0.586. The van der Waals surface area contributed by atoms with E-state index in [1.165, 1.54) is 0 Å². The monoisotopic (exact) mass is 341 g/mol. The lowest BCUT2D eigenvalue weighted by molar-refractivity contribution is 0.103. The van der Waals surface area contributed by atoms with Crippen molar-refractivity contribution in [2.24, 2.45) is 0 Å². The van der Waals surface area contributed by atoms with Gasteiger partial charge in [-0.15, -0.1) is 0 Å².